The molecule has 2 aliphatic rings. The zero-order valence-electron chi connectivity index (χ0n) is 14.9. The number of amides is 1. The van der Waals surface area contributed by atoms with E-state index in [4.69, 9.17) is 4.74 Å². The molecule has 2 heterocycles. The minimum Gasteiger partial charge on any atom is -0.490 e. The Morgan fingerprint density at radius 1 is 1.31 bits per heavy atom. The predicted molar refractivity (Wildman–Crippen MR) is 95.4 cm³/mol. The van der Waals surface area contributed by atoms with Crippen LogP contribution >= 0.6 is 0 Å². The van der Waals surface area contributed by atoms with Crippen molar-refractivity contribution in [2.24, 2.45) is 11.8 Å². The molecule has 8 nitrogen and oxygen atoms in total. The number of nitrogens with one attached hydrogen (secondary N) is 1. The number of nitro groups is 1. The van der Waals surface area contributed by atoms with Crippen molar-refractivity contribution in [1.29, 1.82) is 0 Å². The summed E-state index contributed by atoms with van der Waals surface area (Å²) in [5, 5.41) is 24.1. The van der Waals surface area contributed by atoms with Crippen LogP contribution in [0.3, 0.4) is 0 Å². The Morgan fingerprint density at radius 2 is 2.04 bits per heavy atom. The highest BCUT2D eigenvalue weighted by Gasteiger charge is 2.36. The van der Waals surface area contributed by atoms with Crippen molar-refractivity contribution < 1.29 is 19.6 Å². The third-order valence-electron chi connectivity index (χ3n) is 5.72. The van der Waals surface area contributed by atoms with Gasteiger partial charge in [-0.2, -0.15) is 0 Å². The zero-order chi connectivity index (χ0) is 18.7. The first-order chi connectivity index (χ1) is 12.5. The van der Waals surface area contributed by atoms with E-state index in [9.17, 15) is 20.0 Å². The lowest BCUT2D eigenvalue weighted by molar-refractivity contribution is -0.385. The Kier molecular flexibility index (Phi) is 5.61. The largest absolute Gasteiger partial charge is 0.490 e. The van der Waals surface area contributed by atoms with Crippen LogP contribution in [-0.2, 0) is 0 Å². The smallest absolute Gasteiger partial charge is 0.407 e. The van der Waals surface area contributed by atoms with Crippen molar-refractivity contribution in [2.75, 3.05) is 26.7 Å². The highest BCUT2D eigenvalue weighted by Crippen LogP contribution is 2.41. The molecule has 1 amide bonds. The average molecular weight is 363 g/mol. The van der Waals surface area contributed by atoms with Crippen molar-refractivity contribution in [2.45, 2.75) is 31.7 Å². The Bertz CT molecular complexity index is 675. The van der Waals surface area contributed by atoms with Gasteiger partial charge in [0.2, 0.25) is 0 Å². The van der Waals surface area contributed by atoms with Crippen LogP contribution in [0.25, 0.3) is 0 Å². The van der Waals surface area contributed by atoms with Gasteiger partial charge in [0, 0.05) is 12.6 Å². The second-order valence-corrected chi connectivity index (χ2v) is 7.05. The highest BCUT2D eigenvalue weighted by atomic mass is 16.6. The molecule has 0 radical (unpaired) electrons. The molecule has 1 aromatic rings. The second-order valence-electron chi connectivity index (χ2n) is 7.05. The summed E-state index contributed by atoms with van der Waals surface area (Å²) in [5.41, 5.74) is 0.650. The number of carboxylic acid groups (broad SMARTS) is 1. The van der Waals surface area contributed by atoms with Gasteiger partial charge in [-0.3, -0.25) is 10.1 Å². The Hall–Kier alpha value is -2.35. The Labute approximate surface area is 152 Å². The van der Waals surface area contributed by atoms with Crippen LogP contribution in [0.2, 0.25) is 0 Å². The van der Waals surface area contributed by atoms with Crippen LogP contribution < -0.4 is 10.1 Å². The van der Waals surface area contributed by atoms with Crippen LogP contribution in [0.4, 0.5) is 10.5 Å². The van der Waals surface area contributed by atoms with Gasteiger partial charge in [0.25, 0.3) is 0 Å². The molecule has 26 heavy (non-hydrogen) atoms. The number of nitrogens with zero attached hydrogens (tertiary/aromatic N) is 2. The summed E-state index contributed by atoms with van der Waals surface area (Å²) in [7, 11) is 1.39. The van der Waals surface area contributed by atoms with E-state index in [1.165, 1.54) is 18.1 Å². The van der Waals surface area contributed by atoms with Gasteiger partial charge in [0.1, 0.15) is 0 Å². The SMILES string of the molecule is COc1cc(C2CC(C3CCNCC3)CCN2C(=O)O)ccc1[N+](=O)[O-]. The van der Waals surface area contributed by atoms with Gasteiger partial charge >= 0.3 is 11.8 Å². The van der Waals surface area contributed by atoms with Crippen molar-refractivity contribution >= 4 is 11.8 Å². The number of likely N-dealkylation sites (tertiary alicyclic amines) is 1. The maximum atomic E-state index is 11.7. The number of rotatable bonds is 4. The molecule has 2 fully saturated rings. The number of methoxy groups -OCH3 is 1. The van der Waals surface area contributed by atoms with Crippen molar-refractivity contribution in [3.05, 3.63) is 33.9 Å². The summed E-state index contributed by atoms with van der Waals surface area (Å²) < 4.78 is 5.16. The van der Waals surface area contributed by atoms with Crippen LogP contribution in [-0.4, -0.2) is 47.8 Å². The zero-order valence-corrected chi connectivity index (χ0v) is 14.9. The monoisotopic (exact) mass is 363 g/mol. The minimum atomic E-state index is -0.948. The van der Waals surface area contributed by atoms with Crippen LogP contribution in [0.15, 0.2) is 18.2 Å². The number of hydrogen-bond acceptors (Lipinski definition) is 5. The predicted octanol–water partition coefficient (Wildman–Crippen LogP) is 3.03. The van der Waals surface area contributed by atoms with E-state index in [0.717, 1.165) is 44.3 Å². The molecule has 0 spiro atoms. The van der Waals surface area contributed by atoms with Gasteiger partial charge in [0.15, 0.2) is 5.75 Å². The molecule has 2 saturated heterocycles. The number of nitro benzene ring substituents is 1. The first-order valence-electron chi connectivity index (χ1n) is 9.04. The molecule has 142 valence electrons. The number of carbonyl (C=O) groups is 1. The molecule has 0 aromatic heterocycles. The lowest BCUT2D eigenvalue weighted by Gasteiger charge is -2.42. The van der Waals surface area contributed by atoms with Gasteiger partial charge < -0.3 is 20.1 Å². The quantitative estimate of drug-likeness (QED) is 0.629. The maximum absolute atomic E-state index is 11.7. The van der Waals surface area contributed by atoms with E-state index >= 15 is 0 Å². The van der Waals surface area contributed by atoms with E-state index < -0.39 is 11.0 Å². The van der Waals surface area contributed by atoms with Crippen molar-refractivity contribution in [3.63, 3.8) is 0 Å². The summed E-state index contributed by atoms with van der Waals surface area (Å²) >= 11 is 0. The Balaban J connectivity index is 1.87. The van der Waals surface area contributed by atoms with Gasteiger partial charge in [-0.1, -0.05) is 0 Å². The normalized spacial score (nSPS) is 24.3. The molecular weight excluding hydrogens is 338 g/mol. The van der Waals surface area contributed by atoms with Gasteiger partial charge in [-0.25, -0.2) is 4.79 Å². The van der Waals surface area contributed by atoms with Crippen LogP contribution in [0, 0.1) is 22.0 Å². The fraction of sp³-hybridized carbons (Fsp3) is 0.611. The molecular formula is C18H25N3O5. The fourth-order valence-electron chi connectivity index (χ4n) is 4.33. The highest BCUT2D eigenvalue weighted by molar-refractivity contribution is 5.66. The third-order valence-corrected chi connectivity index (χ3v) is 5.72. The summed E-state index contributed by atoms with van der Waals surface area (Å²) in [6.07, 6.45) is 2.91. The first kappa shape index (κ1) is 18.4. The van der Waals surface area contributed by atoms with E-state index in [1.54, 1.807) is 12.1 Å². The number of ether oxygens (including phenoxy) is 1. The number of benzene rings is 1. The second kappa shape index (κ2) is 7.90. The van der Waals surface area contributed by atoms with Crippen molar-refractivity contribution in [1.82, 2.24) is 10.2 Å². The van der Waals surface area contributed by atoms with Crippen molar-refractivity contribution in [3.8, 4) is 5.75 Å². The van der Waals surface area contributed by atoms with Crippen LogP contribution in [0.1, 0.15) is 37.3 Å². The summed E-state index contributed by atoms with van der Waals surface area (Å²) in [4.78, 5) is 23.8. The minimum absolute atomic E-state index is 0.108. The molecule has 2 aliphatic heterocycles. The van der Waals surface area contributed by atoms with Gasteiger partial charge in [-0.05, 0) is 68.3 Å². The molecule has 2 unspecified atom stereocenters. The first-order valence-corrected chi connectivity index (χ1v) is 9.04. The topological polar surface area (TPSA) is 105 Å². The van der Waals surface area contributed by atoms with Crippen LogP contribution in [0.5, 0.6) is 5.75 Å². The Morgan fingerprint density at radius 3 is 2.65 bits per heavy atom. The number of piperidine rings is 2. The molecule has 2 atom stereocenters. The van der Waals surface area contributed by atoms with Gasteiger partial charge in [0.05, 0.1) is 18.1 Å². The average Bonchev–Trinajstić information content (AvgIpc) is 2.67. The van der Waals surface area contributed by atoms with E-state index in [2.05, 4.69) is 5.32 Å². The summed E-state index contributed by atoms with van der Waals surface area (Å²) in [6.45, 7) is 2.52. The third kappa shape index (κ3) is 3.75. The van der Waals surface area contributed by atoms with Gasteiger partial charge in [-0.15, -0.1) is 0 Å². The molecule has 2 N–H and O–H groups in total. The molecule has 1 aromatic carbocycles. The summed E-state index contributed by atoms with van der Waals surface area (Å²) in [5.74, 6) is 1.25. The number of hydrogen-bond donors (Lipinski definition) is 2. The van der Waals surface area contributed by atoms with E-state index in [-0.39, 0.29) is 17.5 Å². The molecule has 0 aliphatic carbocycles. The van der Waals surface area contributed by atoms with E-state index in [0.29, 0.717) is 18.4 Å². The molecule has 3 rings (SSSR count). The molecule has 0 bridgehead atoms. The lowest BCUT2D eigenvalue weighted by Crippen LogP contribution is -2.43. The molecule has 0 saturated carbocycles. The van der Waals surface area contributed by atoms with E-state index in [1.807, 2.05) is 0 Å². The maximum Gasteiger partial charge on any atom is 0.407 e. The molecule has 8 heteroatoms. The fourth-order valence-corrected chi connectivity index (χ4v) is 4.33. The standard InChI is InChI=1S/C18H25N3O5/c1-26-17-11-14(2-3-15(17)21(24)25)16-10-13(6-9-20(16)18(22)23)12-4-7-19-8-5-12/h2-3,11-13,16,19H,4-10H2,1H3,(H,22,23). The summed E-state index contributed by atoms with van der Waals surface area (Å²) in [6, 6.07) is 4.38. The lowest BCUT2D eigenvalue weighted by atomic mass is 9.75.